The Kier molecular flexibility index (Phi) is 17.7. The molecule has 0 aromatic heterocycles. The van der Waals surface area contributed by atoms with E-state index in [0.717, 1.165) is 19.3 Å². The lowest BCUT2D eigenvalue weighted by molar-refractivity contribution is -0.875. The number of unbranched alkanes of at least 4 members (excludes halogenated alkanes) is 12. The maximum absolute atomic E-state index is 11.8. The van der Waals surface area contributed by atoms with Gasteiger partial charge in [-0.1, -0.05) is 89.0 Å². The quantitative estimate of drug-likeness (QED) is 0.0729. The highest BCUT2D eigenvalue weighted by Crippen LogP contribution is 2.52. The normalized spacial score (nSPS) is 15.1. The number of quaternary nitrogens is 1. The zero-order valence-electron chi connectivity index (χ0n) is 21.5. The number of aliphatic hydroxyl groups is 1. The Morgan fingerprint density at radius 2 is 1.09 bits per heavy atom. The molecule has 0 rings (SSSR count). The van der Waals surface area contributed by atoms with Crippen LogP contribution in [0.5, 0.6) is 0 Å². The first-order valence-corrected chi connectivity index (χ1v) is 14.5. The summed E-state index contributed by atoms with van der Waals surface area (Å²) in [6.45, 7) is 2.30. The van der Waals surface area contributed by atoms with Crippen molar-refractivity contribution in [3.8, 4) is 0 Å². The van der Waals surface area contributed by atoms with Crippen LogP contribution in [0.25, 0.3) is 0 Å². The molecule has 0 aliphatic heterocycles. The third-order valence-electron chi connectivity index (χ3n) is 5.78. The number of nitrogens with zero attached hydrogens (tertiary/aromatic N) is 1. The molecule has 0 aromatic rings. The van der Waals surface area contributed by atoms with E-state index >= 15 is 0 Å². The number of rotatable bonds is 21. The van der Waals surface area contributed by atoms with Gasteiger partial charge in [0.2, 0.25) is 5.34 Å². The van der Waals surface area contributed by atoms with E-state index in [9.17, 15) is 19.5 Å². The van der Waals surface area contributed by atoms with Crippen LogP contribution < -0.4 is 0 Å². The molecule has 0 aliphatic rings. The lowest BCUT2D eigenvalue weighted by Crippen LogP contribution is -2.49. The van der Waals surface area contributed by atoms with Crippen LogP contribution in [0.3, 0.4) is 0 Å². The zero-order valence-corrected chi connectivity index (χ0v) is 22.4. The summed E-state index contributed by atoms with van der Waals surface area (Å²) < 4.78 is 12.1. The fourth-order valence-corrected chi connectivity index (χ4v) is 5.05. The molecule has 0 aliphatic carbocycles. The summed E-state index contributed by atoms with van der Waals surface area (Å²) in [4.78, 5) is 19.2. The largest absolute Gasteiger partial charge is 0.373 e. The summed E-state index contributed by atoms with van der Waals surface area (Å²) in [5.41, 5.74) is 0. The van der Waals surface area contributed by atoms with Gasteiger partial charge in [0.15, 0.2) is 0 Å². The van der Waals surface area contributed by atoms with Crippen molar-refractivity contribution in [1.82, 2.24) is 0 Å². The molecule has 3 N–H and O–H groups in total. The van der Waals surface area contributed by atoms with Crippen molar-refractivity contribution >= 4 is 7.60 Å². The molecular weight excluding hydrogens is 421 g/mol. The van der Waals surface area contributed by atoms with Gasteiger partial charge < -0.3 is 19.4 Å². The second-order valence-corrected chi connectivity index (χ2v) is 12.3. The Morgan fingerprint density at radius 3 is 1.53 bits per heavy atom. The lowest BCUT2D eigenvalue weighted by atomic mass is 10.1. The van der Waals surface area contributed by atoms with Gasteiger partial charge in [-0.15, -0.1) is 0 Å². The van der Waals surface area contributed by atoms with Crippen molar-refractivity contribution in [3.63, 3.8) is 0 Å². The maximum atomic E-state index is 11.8. The van der Waals surface area contributed by atoms with E-state index in [0.29, 0.717) is 10.9 Å². The predicted octanol–water partition coefficient (Wildman–Crippen LogP) is 6.93. The summed E-state index contributed by atoms with van der Waals surface area (Å²) in [6.07, 6.45) is 27.1. The molecular formula is C26H53NO4P+. The minimum Gasteiger partial charge on any atom is -0.373 e. The van der Waals surface area contributed by atoms with Gasteiger partial charge >= 0.3 is 7.60 Å². The first kappa shape index (κ1) is 31.6. The summed E-state index contributed by atoms with van der Waals surface area (Å²) >= 11 is 0. The topological polar surface area (TPSA) is 77.8 Å². The molecule has 0 saturated heterocycles. The third kappa shape index (κ3) is 18.0. The van der Waals surface area contributed by atoms with E-state index in [-0.39, 0.29) is 13.0 Å². The zero-order chi connectivity index (χ0) is 24.3. The van der Waals surface area contributed by atoms with Crippen LogP contribution in [0.15, 0.2) is 24.3 Å². The molecule has 0 fully saturated rings. The highest BCUT2D eigenvalue weighted by atomic mass is 31.2. The van der Waals surface area contributed by atoms with E-state index < -0.39 is 12.9 Å². The molecule has 0 amide bonds. The smallest absolute Gasteiger partial charge is 0.362 e. The van der Waals surface area contributed by atoms with Crippen LogP contribution in [0, 0.1) is 0 Å². The first-order valence-electron chi connectivity index (χ1n) is 12.9. The van der Waals surface area contributed by atoms with Crippen molar-refractivity contribution in [2.75, 3.05) is 27.7 Å². The van der Waals surface area contributed by atoms with Gasteiger partial charge in [-0.3, -0.25) is 4.57 Å². The fourth-order valence-electron chi connectivity index (χ4n) is 3.99. The molecule has 0 spiro atoms. The van der Waals surface area contributed by atoms with E-state index in [4.69, 9.17) is 0 Å². The van der Waals surface area contributed by atoms with E-state index in [1.165, 1.54) is 70.6 Å². The molecule has 0 saturated carbocycles. The van der Waals surface area contributed by atoms with Gasteiger partial charge in [0.25, 0.3) is 0 Å². The van der Waals surface area contributed by atoms with Crippen LogP contribution in [0.2, 0.25) is 0 Å². The second kappa shape index (κ2) is 18.0. The van der Waals surface area contributed by atoms with Crippen LogP contribution in [-0.2, 0) is 4.57 Å². The highest BCUT2D eigenvalue weighted by molar-refractivity contribution is 7.53. The molecule has 0 aromatic carbocycles. The maximum Gasteiger partial charge on any atom is 0.362 e. The molecule has 32 heavy (non-hydrogen) atoms. The third-order valence-corrected chi connectivity index (χ3v) is 7.22. The van der Waals surface area contributed by atoms with E-state index in [1.54, 1.807) is 0 Å². The molecule has 0 heterocycles. The van der Waals surface area contributed by atoms with Crippen molar-refractivity contribution in [2.45, 2.75) is 115 Å². The van der Waals surface area contributed by atoms with Gasteiger partial charge in [-0.2, -0.15) is 0 Å². The minimum absolute atomic E-state index is 0.0326. The standard InChI is InChI=1S/C26H52NO4P/c1-5-6-7-8-9-10-11-12-13-14-15-16-17-18-19-20-21-22-23-24-26(28,32(29,30)31)25-27(2,3)4/h16-17,20-21,28H,5-15,18-19,22-25H2,1-4H3,(H-,29,30,31)/p+1/b17-16-,21-20-. The Balaban J connectivity index is 3.73. The van der Waals surface area contributed by atoms with Gasteiger partial charge in [-0.25, -0.2) is 0 Å². The minimum atomic E-state index is -4.57. The number of hydrogen-bond acceptors (Lipinski definition) is 2. The number of hydrogen-bond donors (Lipinski definition) is 3. The van der Waals surface area contributed by atoms with Gasteiger partial charge in [0.1, 0.15) is 6.54 Å². The average molecular weight is 475 g/mol. The molecule has 0 bridgehead atoms. The van der Waals surface area contributed by atoms with Crippen molar-refractivity contribution < 1.29 is 23.9 Å². The van der Waals surface area contributed by atoms with Crippen LogP contribution in [0.4, 0.5) is 0 Å². The fraction of sp³-hybridized carbons (Fsp3) is 0.846. The molecule has 6 heteroatoms. The number of likely N-dealkylation sites (N-methyl/N-ethyl adjacent to an activating group) is 1. The first-order chi connectivity index (χ1) is 15.0. The summed E-state index contributed by atoms with van der Waals surface area (Å²) in [5, 5.41) is 8.57. The van der Waals surface area contributed by atoms with Crippen LogP contribution in [0.1, 0.15) is 110 Å². The Bertz CT molecular complexity index is 551. The Labute approximate surface area is 198 Å². The van der Waals surface area contributed by atoms with Crippen molar-refractivity contribution in [3.05, 3.63) is 24.3 Å². The molecule has 190 valence electrons. The number of allylic oxidation sites excluding steroid dienone is 4. The molecule has 0 radical (unpaired) electrons. The second-order valence-electron chi connectivity index (χ2n) is 10.4. The van der Waals surface area contributed by atoms with Crippen molar-refractivity contribution in [2.24, 2.45) is 0 Å². The van der Waals surface area contributed by atoms with Gasteiger partial charge in [0, 0.05) is 0 Å². The average Bonchev–Trinajstić information content (AvgIpc) is 2.67. The SMILES string of the molecule is CCCCCCCCCCCC/C=C\CC/C=C\CCCC(O)(C[N+](C)(C)C)P(=O)(O)O. The Hall–Kier alpha value is -0.450. The highest BCUT2D eigenvalue weighted by Gasteiger charge is 2.48. The summed E-state index contributed by atoms with van der Waals surface area (Å²) in [7, 11) is 0.900. The summed E-state index contributed by atoms with van der Waals surface area (Å²) in [6, 6.07) is 0. The van der Waals surface area contributed by atoms with Gasteiger partial charge in [0.05, 0.1) is 21.1 Å². The van der Waals surface area contributed by atoms with Crippen molar-refractivity contribution in [1.29, 1.82) is 0 Å². The predicted molar refractivity (Wildman–Crippen MR) is 138 cm³/mol. The van der Waals surface area contributed by atoms with E-state index in [2.05, 4.69) is 31.2 Å². The van der Waals surface area contributed by atoms with E-state index in [1.807, 2.05) is 21.1 Å². The Morgan fingerprint density at radius 1 is 0.688 bits per heavy atom. The summed E-state index contributed by atoms with van der Waals surface area (Å²) in [5.74, 6) is 0. The lowest BCUT2D eigenvalue weighted by Gasteiger charge is -2.35. The molecule has 5 nitrogen and oxygen atoms in total. The molecule has 1 unspecified atom stereocenters. The van der Waals surface area contributed by atoms with Crippen LogP contribution >= 0.6 is 7.60 Å². The van der Waals surface area contributed by atoms with Gasteiger partial charge in [-0.05, 0) is 44.9 Å². The van der Waals surface area contributed by atoms with Crippen LogP contribution in [-0.4, -0.2) is 52.4 Å². The monoisotopic (exact) mass is 474 g/mol. The molecule has 1 atom stereocenters.